The van der Waals surface area contributed by atoms with Crippen molar-refractivity contribution in [2.75, 3.05) is 39.3 Å². The Morgan fingerprint density at radius 3 is 2.34 bits per heavy atom. The van der Waals surface area contributed by atoms with Crippen LogP contribution in [0.25, 0.3) is 16.7 Å². The van der Waals surface area contributed by atoms with Gasteiger partial charge in [-0.05, 0) is 61.3 Å². The Morgan fingerprint density at radius 1 is 0.816 bits per heavy atom. The van der Waals surface area contributed by atoms with Crippen molar-refractivity contribution >= 4 is 32.9 Å². The third-order valence-electron chi connectivity index (χ3n) is 7.87. The summed E-state index contributed by atoms with van der Waals surface area (Å²) in [5, 5.41) is 0. The standard InChI is InChI=1S/C31H34BrN5O/c32-26-12-14-27(15-13-26)37-29-11-5-4-10-28(29)33-30(37)23-35-16-6-9-25(22-35)31(38)36-19-17-34(18-20-36)21-24-7-2-1-3-8-24/h1-5,7-8,10-15,25H,6,9,16-23H2/t25-/m0/s1. The first-order chi connectivity index (χ1) is 18.6. The molecule has 6 rings (SSSR count). The largest absolute Gasteiger partial charge is 0.340 e. The van der Waals surface area contributed by atoms with Crippen LogP contribution in [0.1, 0.15) is 24.2 Å². The molecule has 7 heteroatoms. The monoisotopic (exact) mass is 571 g/mol. The van der Waals surface area contributed by atoms with Crippen molar-refractivity contribution in [3.8, 4) is 5.69 Å². The Balaban J connectivity index is 1.12. The van der Waals surface area contributed by atoms with Crippen LogP contribution in [0.2, 0.25) is 0 Å². The summed E-state index contributed by atoms with van der Waals surface area (Å²) in [4.78, 5) is 25.5. The van der Waals surface area contributed by atoms with Gasteiger partial charge in [-0.15, -0.1) is 0 Å². The Hall–Kier alpha value is -3.00. The van der Waals surface area contributed by atoms with E-state index >= 15 is 0 Å². The molecule has 0 bridgehead atoms. The van der Waals surface area contributed by atoms with Gasteiger partial charge in [-0.2, -0.15) is 0 Å². The number of piperazine rings is 1. The van der Waals surface area contributed by atoms with Crippen LogP contribution >= 0.6 is 15.9 Å². The lowest BCUT2D eigenvalue weighted by Crippen LogP contribution is -2.52. The number of fused-ring (bicyclic) bond motifs is 1. The molecule has 1 amide bonds. The first kappa shape index (κ1) is 25.3. The third kappa shape index (κ3) is 5.55. The van der Waals surface area contributed by atoms with Crippen molar-refractivity contribution < 1.29 is 4.79 Å². The minimum atomic E-state index is 0.0648. The van der Waals surface area contributed by atoms with E-state index in [9.17, 15) is 4.79 Å². The average Bonchev–Trinajstić information content (AvgIpc) is 3.32. The average molecular weight is 573 g/mol. The molecule has 2 aliphatic rings. The molecule has 2 aliphatic heterocycles. The fourth-order valence-electron chi connectivity index (χ4n) is 5.89. The van der Waals surface area contributed by atoms with Gasteiger partial charge in [0.25, 0.3) is 0 Å². The van der Waals surface area contributed by atoms with Gasteiger partial charge < -0.3 is 4.90 Å². The number of hydrogen-bond donors (Lipinski definition) is 0. The van der Waals surface area contributed by atoms with E-state index in [1.807, 2.05) is 6.07 Å². The van der Waals surface area contributed by atoms with Gasteiger partial charge >= 0.3 is 0 Å². The molecule has 38 heavy (non-hydrogen) atoms. The summed E-state index contributed by atoms with van der Waals surface area (Å²) in [6, 6.07) is 27.3. The number of carbonyl (C=O) groups excluding carboxylic acids is 1. The minimum Gasteiger partial charge on any atom is -0.340 e. The van der Waals surface area contributed by atoms with Gasteiger partial charge in [0.05, 0.1) is 23.5 Å². The van der Waals surface area contributed by atoms with E-state index in [-0.39, 0.29) is 5.92 Å². The number of halogens is 1. The zero-order valence-electron chi connectivity index (χ0n) is 21.7. The summed E-state index contributed by atoms with van der Waals surface area (Å²) >= 11 is 3.56. The van der Waals surface area contributed by atoms with Gasteiger partial charge in [-0.3, -0.25) is 19.2 Å². The molecule has 0 spiro atoms. The van der Waals surface area contributed by atoms with Crippen molar-refractivity contribution in [2.24, 2.45) is 5.92 Å². The van der Waals surface area contributed by atoms with Crippen LogP contribution in [0, 0.1) is 5.92 Å². The van der Waals surface area contributed by atoms with E-state index < -0.39 is 0 Å². The molecule has 0 saturated carbocycles. The first-order valence-electron chi connectivity index (χ1n) is 13.6. The molecule has 4 aromatic rings. The molecule has 3 aromatic carbocycles. The van der Waals surface area contributed by atoms with Gasteiger partial charge in [-0.25, -0.2) is 4.98 Å². The molecular formula is C31H34BrN5O. The predicted octanol–water partition coefficient (Wildman–Crippen LogP) is 5.34. The van der Waals surface area contributed by atoms with Gasteiger partial charge in [0.1, 0.15) is 5.82 Å². The summed E-state index contributed by atoms with van der Waals surface area (Å²) < 4.78 is 3.32. The quantitative estimate of drug-likeness (QED) is 0.313. The molecule has 2 fully saturated rings. The van der Waals surface area contributed by atoms with E-state index in [1.54, 1.807) is 0 Å². The predicted molar refractivity (Wildman–Crippen MR) is 155 cm³/mol. The maximum absolute atomic E-state index is 13.5. The zero-order chi connectivity index (χ0) is 25.9. The van der Waals surface area contributed by atoms with E-state index in [0.29, 0.717) is 5.91 Å². The number of piperidine rings is 1. The lowest BCUT2D eigenvalue weighted by molar-refractivity contribution is -0.139. The molecule has 6 nitrogen and oxygen atoms in total. The molecule has 1 atom stereocenters. The fraction of sp³-hybridized carbons (Fsp3) is 0.355. The highest BCUT2D eigenvalue weighted by Gasteiger charge is 2.31. The molecule has 0 unspecified atom stereocenters. The van der Waals surface area contributed by atoms with Crippen molar-refractivity contribution in [1.29, 1.82) is 0 Å². The van der Waals surface area contributed by atoms with Gasteiger partial charge in [0.15, 0.2) is 0 Å². The second-order valence-electron chi connectivity index (χ2n) is 10.5. The number of hydrogen-bond acceptors (Lipinski definition) is 4. The molecule has 3 heterocycles. The van der Waals surface area contributed by atoms with E-state index in [4.69, 9.17) is 4.98 Å². The van der Waals surface area contributed by atoms with E-state index in [0.717, 1.165) is 92.2 Å². The number of likely N-dealkylation sites (tertiary alicyclic amines) is 1. The number of imidazole rings is 1. The summed E-state index contributed by atoms with van der Waals surface area (Å²) in [5.74, 6) is 1.42. The number of aromatic nitrogens is 2. The highest BCUT2D eigenvalue weighted by Crippen LogP contribution is 2.26. The molecule has 0 aliphatic carbocycles. The highest BCUT2D eigenvalue weighted by atomic mass is 79.9. The fourth-order valence-corrected chi connectivity index (χ4v) is 6.15. The Bertz CT molecular complexity index is 1380. The number of para-hydroxylation sites is 2. The number of nitrogens with zero attached hydrogens (tertiary/aromatic N) is 5. The second-order valence-corrected chi connectivity index (χ2v) is 11.4. The van der Waals surface area contributed by atoms with Crippen LogP contribution in [0.5, 0.6) is 0 Å². The molecule has 2 saturated heterocycles. The second kappa shape index (κ2) is 11.4. The maximum atomic E-state index is 13.5. The maximum Gasteiger partial charge on any atom is 0.227 e. The topological polar surface area (TPSA) is 44.6 Å². The van der Waals surface area contributed by atoms with Crippen molar-refractivity contribution in [3.05, 3.63) is 94.7 Å². The third-order valence-corrected chi connectivity index (χ3v) is 8.40. The Kier molecular flexibility index (Phi) is 7.58. The summed E-state index contributed by atoms with van der Waals surface area (Å²) in [6.45, 7) is 7.01. The summed E-state index contributed by atoms with van der Waals surface area (Å²) in [5.41, 5.74) is 4.56. The minimum absolute atomic E-state index is 0.0648. The molecule has 0 radical (unpaired) electrons. The zero-order valence-corrected chi connectivity index (χ0v) is 23.3. The van der Waals surface area contributed by atoms with Crippen LogP contribution in [0.15, 0.2) is 83.3 Å². The van der Waals surface area contributed by atoms with Crippen LogP contribution in [-0.2, 0) is 17.9 Å². The van der Waals surface area contributed by atoms with Crippen LogP contribution in [-0.4, -0.2) is 69.4 Å². The van der Waals surface area contributed by atoms with Crippen LogP contribution < -0.4 is 0 Å². The molecular weight excluding hydrogens is 538 g/mol. The number of benzene rings is 3. The summed E-state index contributed by atoms with van der Waals surface area (Å²) in [7, 11) is 0. The van der Waals surface area contributed by atoms with E-state index in [1.165, 1.54) is 5.56 Å². The highest BCUT2D eigenvalue weighted by molar-refractivity contribution is 9.10. The number of carbonyl (C=O) groups is 1. The SMILES string of the molecule is O=C([C@H]1CCCN(Cc2nc3ccccc3n2-c2ccc(Br)cc2)C1)N1CCN(Cc2ccccc2)CC1. The van der Waals surface area contributed by atoms with Gasteiger partial charge in [0, 0.05) is 49.4 Å². The number of amides is 1. The van der Waals surface area contributed by atoms with Crippen molar-refractivity contribution in [1.82, 2.24) is 24.3 Å². The lowest BCUT2D eigenvalue weighted by atomic mass is 9.96. The van der Waals surface area contributed by atoms with Crippen molar-refractivity contribution in [2.45, 2.75) is 25.9 Å². The number of rotatable bonds is 6. The smallest absolute Gasteiger partial charge is 0.227 e. The summed E-state index contributed by atoms with van der Waals surface area (Å²) in [6.07, 6.45) is 2.02. The lowest BCUT2D eigenvalue weighted by Gasteiger charge is -2.39. The molecule has 1 aromatic heterocycles. The van der Waals surface area contributed by atoms with Crippen molar-refractivity contribution in [3.63, 3.8) is 0 Å². The first-order valence-corrected chi connectivity index (χ1v) is 14.4. The van der Waals surface area contributed by atoms with Crippen LogP contribution in [0.4, 0.5) is 0 Å². The van der Waals surface area contributed by atoms with E-state index in [2.05, 4.69) is 108 Å². The Morgan fingerprint density at radius 2 is 1.55 bits per heavy atom. The molecule has 0 N–H and O–H groups in total. The van der Waals surface area contributed by atoms with Gasteiger partial charge in [0.2, 0.25) is 5.91 Å². The van der Waals surface area contributed by atoms with Gasteiger partial charge in [-0.1, -0.05) is 58.4 Å². The van der Waals surface area contributed by atoms with Crippen LogP contribution in [0.3, 0.4) is 0 Å². The normalized spacial score (nSPS) is 19.2. The molecule has 196 valence electrons. The Labute approximate surface area is 233 Å².